The topological polar surface area (TPSA) is 94.7 Å². The fourth-order valence-electron chi connectivity index (χ4n) is 1.34. The van der Waals surface area contributed by atoms with Crippen LogP contribution in [0.5, 0.6) is 0 Å². The van der Waals surface area contributed by atoms with Crippen molar-refractivity contribution in [2.75, 3.05) is 19.8 Å². The predicted molar refractivity (Wildman–Crippen MR) is 49.8 cm³/mol. The van der Waals surface area contributed by atoms with Crippen molar-refractivity contribution >= 4 is 5.97 Å². The molecule has 7 nitrogen and oxygen atoms in total. The van der Waals surface area contributed by atoms with Gasteiger partial charge in [0.15, 0.2) is 6.10 Å². The number of aryl methyl sites for hydroxylation is 1. The van der Waals surface area contributed by atoms with Crippen LogP contribution in [0.4, 0.5) is 0 Å². The number of aromatic nitrogens is 2. The van der Waals surface area contributed by atoms with Crippen LogP contribution in [0.3, 0.4) is 0 Å². The number of carbonyl (C=O) groups is 1. The highest BCUT2D eigenvalue weighted by molar-refractivity contribution is 5.66. The molecule has 0 spiro atoms. The minimum Gasteiger partial charge on any atom is -0.481 e. The highest BCUT2D eigenvalue weighted by Gasteiger charge is 2.22. The molecule has 1 atom stereocenters. The number of ether oxygens (including phenoxy) is 2. The Hall–Kier alpha value is -1.47. The van der Waals surface area contributed by atoms with E-state index in [0.29, 0.717) is 31.6 Å². The second-order valence-electron chi connectivity index (χ2n) is 3.36. The molecule has 2 heterocycles. The summed E-state index contributed by atoms with van der Waals surface area (Å²) in [6.07, 6.45) is -0.126. The van der Waals surface area contributed by atoms with E-state index in [1.807, 2.05) is 0 Å². The number of nitrogens with zero attached hydrogens (tertiary/aromatic N) is 2. The monoisotopic (exact) mass is 228 g/mol. The van der Waals surface area contributed by atoms with Gasteiger partial charge in [0.2, 0.25) is 11.8 Å². The summed E-state index contributed by atoms with van der Waals surface area (Å²) in [7, 11) is 0. The van der Waals surface area contributed by atoms with Gasteiger partial charge < -0.3 is 19.0 Å². The van der Waals surface area contributed by atoms with Crippen molar-refractivity contribution in [2.45, 2.75) is 18.9 Å². The smallest absolute Gasteiger partial charge is 0.303 e. The zero-order valence-corrected chi connectivity index (χ0v) is 8.59. The van der Waals surface area contributed by atoms with E-state index < -0.39 is 5.97 Å². The summed E-state index contributed by atoms with van der Waals surface area (Å²) in [5.41, 5.74) is 0. The molecule has 1 aliphatic rings. The first-order valence-corrected chi connectivity index (χ1v) is 4.99. The van der Waals surface area contributed by atoms with Crippen molar-refractivity contribution in [1.82, 2.24) is 10.2 Å². The lowest BCUT2D eigenvalue weighted by Crippen LogP contribution is -2.22. The van der Waals surface area contributed by atoms with E-state index in [9.17, 15) is 4.79 Å². The van der Waals surface area contributed by atoms with Crippen LogP contribution in [-0.4, -0.2) is 41.1 Å². The van der Waals surface area contributed by atoms with Crippen LogP contribution in [0, 0.1) is 0 Å². The Kier molecular flexibility index (Phi) is 3.47. The van der Waals surface area contributed by atoms with Crippen molar-refractivity contribution in [3.05, 3.63) is 11.8 Å². The third kappa shape index (κ3) is 2.77. The molecule has 1 N–H and O–H groups in total. The van der Waals surface area contributed by atoms with Gasteiger partial charge in [-0.05, 0) is 0 Å². The van der Waals surface area contributed by atoms with Crippen LogP contribution in [0.25, 0.3) is 0 Å². The van der Waals surface area contributed by atoms with Gasteiger partial charge in [-0.2, -0.15) is 0 Å². The van der Waals surface area contributed by atoms with Crippen molar-refractivity contribution in [3.63, 3.8) is 0 Å². The molecular formula is C9H12N2O5. The predicted octanol–water partition coefficient (Wildman–Crippen LogP) is 0.175. The van der Waals surface area contributed by atoms with E-state index in [2.05, 4.69) is 10.2 Å². The average molecular weight is 228 g/mol. The van der Waals surface area contributed by atoms with E-state index in [4.69, 9.17) is 19.0 Å². The van der Waals surface area contributed by atoms with Gasteiger partial charge in [0, 0.05) is 6.42 Å². The summed E-state index contributed by atoms with van der Waals surface area (Å²) < 4.78 is 15.8. The fourth-order valence-corrected chi connectivity index (χ4v) is 1.34. The SMILES string of the molecule is O=C(O)CCc1nnc(C2COCCO2)o1. The standard InChI is InChI=1S/C9H12N2O5/c12-8(13)2-1-7-10-11-9(16-7)6-5-14-3-4-15-6/h6H,1-5H2,(H,12,13). The van der Waals surface area contributed by atoms with Gasteiger partial charge in [-0.15, -0.1) is 10.2 Å². The molecule has 0 aromatic carbocycles. The number of carboxylic acids is 1. The summed E-state index contributed by atoms with van der Waals surface area (Å²) >= 11 is 0. The number of aliphatic carboxylic acids is 1. The second kappa shape index (κ2) is 5.04. The van der Waals surface area contributed by atoms with Crippen molar-refractivity contribution < 1.29 is 23.8 Å². The molecule has 1 saturated heterocycles. The first-order valence-electron chi connectivity index (χ1n) is 4.99. The summed E-state index contributed by atoms with van der Waals surface area (Å²) in [4.78, 5) is 10.3. The van der Waals surface area contributed by atoms with E-state index in [0.717, 1.165) is 0 Å². The molecule has 0 saturated carbocycles. The summed E-state index contributed by atoms with van der Waals surface area (Å²) in [6, 6.07) is 0. The first kappa shape index (κ1) is 11.0. The molecule has 1 aromatic heterocycles. The zero-order valence-electron chi connectivity index (χ0n) is 8.59. The van der Waals surface area contributed by atoms with Crippen molar-refractivity contribution in [2.24, 2.45) is 0 Å². The quantitative estimate of drug-likeness (QED) is 0.785. The van der Waals surface area contributed by atoms with Gasteiger partial charge in [-0.3, -0.25) is 4.79 Å². The molecule has 1 fully saturated rings. The van der Waals surface area contributed by atoms with E-state index >= 15 is 0 Å². The van der Waals surface area contributed by atoms with Crippen LogP contribution in [0.1, 0.15) is 24.3 Å². The van der Waals surface area contributed by atoms with Gasteiger partial charge in [-0.25, -0.2) is 0 Å². The minimum atomic E-state index is -0.892. The number of hydrogen-bond donors (Lipinski definition) is 1. The average Bonchev–Trinajstić information content (AvgIpc) is 2.76. The van der Waals surface area contributed by atoms with Crippen molar-refractivity contribution in [1.29, 1.82) is 0 Å². The van der Waals surface area contributed by atoms with Crippen LogP contribution >= 0.6 is 0 Å². The maximum Gasteiger partial charge on any atom is 0.303 e. The van der Waals surface area contributed by atoms with Gasteiger partial charge in [-0.1, -0.05) is 0 Å². The summed E-state index contributed by atoms with van der Waals surface area (Å²) in [6.45, 7) is 1.45. The Balaban J connectivity index is 1.93. The Labute approximate surface area is 91.4 Å². The maximum absolute atomic E-state index is 10.3. The zero-order chi connectivity index (χ0) is 11.4. The number of hydrogen-bond acceptors (Lipinski definition) is 6. The molecule has 1 unspecified atom stereocenters. The summed E-state index contributed by atoms with van der Waals surface area (Å²) in [5.74, 6) is -0.233. The highest BCUT2D eigenvalue weighted by Crippen LogP contribution is 2.19. The van der Waals surface area contributed by atoms with Crippen molar-refractivity contribution in [3.8, 4) is 0 Å². The van der Waals surface area contributed by atoms with E-state index in [1.54, 1.807) is 0 Å². The lowest BCUT2D eigenvalue weighted by Gasteiger charge is -2.19. The Morgan fingerprint density at radius 1 is 1.44 bits per heavy atom. The first-order chi connectivity index (χ1) is 7.75. The highest BCUT2D eigenvalue weighted by atomic mass is 16.6. The van der Waals surface area contributed by atoms with E-state index in [1.165, 1.54) is 0 Å². The molecular weight excluding hydrogens is 216 g/mol. The van der Waals surface area contributed by atoms with Gasteiger partial charge in [0.1, 0.15) is 0 Å². The molecule has 88 valence electrons. The molecule has 0 aliphatic carbocycles. The minimum absolute atomic E-state index is 0.0241. The molecule has 7 heteroatoms. The number of carboxylic acid groups (broad SMARTS) is 1. The normalized spacial score (nSPS) is 20.9. The van der Waals surface area contributed by atoms with Gasteiger partial charge in [0.25, 0.3) is 0 Å². The van der Waals surface area contributed by atoms with Gasteiger partial charge in [0.05, 0.1) is 26.2 Å². The molecule has 1 aliphatic heterocycles. The van der Waals surface area contributed by atoms with Gasteiger partial charge >= 0.3 is 5.97 Å². The maximum atomic E-state index is 10.3. The lowest BCUT2D eigenvalue weighted by molar-refractivity contribution is -0.137. The second-order valence-corrected chi connectivity index (χ2v) is 3.36. The Bertz CT molecular complexity index is 359. The molecule has 0 amide bonds. The van der Waals surface area contributed by atoms with Crippen LogP contribution in [0.2, 0.25) is 0 Å². The largest absolute Gasteiger partial charge is 0.481 e. The molecule has 2 rings (SSSR count). The third-order valence-electron chi connectivity index (χ3n) is 2.13. The molecule has 16 heavy (non-hydrogen) atoms. The Morgan fingerprint density at radius 2 is 2.31 bits per heavy atom. The number of rotatable bonds is 4. The fraction of sp³-hybridized carbons (Fsp3) is 0.667. The molecule has 0 radical (unpaired) electrons. The van der Waals surface area contributed by atoms with Crippen LogP contribution < -0.4 is 0 Å². The summed E-state index contributed by atoms with van der Waals surface area (Å²) in [5, 5.41) is 16.0. The molecule has 0 bridgehead atoms. The lowest BCUT2D eigenvalue weighted by atomic mass is 10.3. The van der Waals surface area contributed by atoms with Crippen LogP contribution in [-0.2, 0) is 20.7 Å². The van der Waals surface area contributed by atoms with Crippen LogP contribution in [0.15, 0.2) is 4.42 Å². The molecule has 1 aromatic rings. The van der Waals surface area contributed by atoms with E-state index in [-0.39, 0.29) is 18.9 Å². The third-order valence-corrected chi connectivity index (χ3v) is 2.13. The Morgan fingerprint density at radius 3 is 3.00 bits per heavy atom.